The van der Waals surface area contributed by atoms with Gasteiger partial charge in [-0.25, -0.2) is 4.98 Å². The zero-order valence-electron chi connectivity index (χ0n) is 21.9. The Bertz CT molecular complexity index is 885. The zero-order chi connectivity index (χ0) is 25.4. The van der Waals surface area contributed by atoms with E-state index in [4.69, 9.17) is 4.74 Å². The topological polar surface area (TPSA) is 77.9 Å². The number of carbonyl (C=O) groups excluding carboxylic acids is 1. The molecule has 2 N–H and O–H groups in total. The number of hydrogen-bond acceptors (Lipinski definition) is 7. The van der Waals surface area contributed by atoms with Gasteiger partial charge in [0.1, 0.15) is 0 Å². The number of ether oxygens (including phenoxy) is 1. The van der Waals surface area contributed by atoms with Gasteiger partial charge in [-0.05, 0) is 24.1 Å². The van der Waals surface area contributed by atoms with Crippen molar-refractivity contribution in [1.29, 1.82) is 0 Å². The number of hydroxylamine groups is 2. The monoisotopic (exact) mass is 516 g/mol. The Morgan fingerprint density at radius 1 is 1.06 bits per heavy atom. The molecule has 0 atom stereocenters. The molecule has 0 unspecified atom stereocenters. The van der Waals surface area contributed by atoms with Crippen molar-refractivity contribution in [3.8, 4) is 0 Å². The summed E-state index contributed by atoms with van der Waals surface area (Å²) in [7, 11) is 0. The fraction of sp³-hybridized carbons (Fsp3) is 0.643. The number of benzene rings is 1. The van der Waals surface area contributed by atoms with Crippen molar-refractivity contribution in [2.45, 2.75) is 84.2 Å². The number of carbonyl (C=O) groups is 1. The molecule has 0 saturated carbocycles. The SMILES string of the molecule is CCCCCCCCCCCCNC(=O)c1cccc(CN(O)Cc2cnc(N3CCOCC3)s2)c1. The summed E-state index contributed by atoms with van der Waals surface area (Å²) in [6.07, 6.45) is 14.7. The van der Waals surface area contributed by atoms with E-state index in [2.05, 4.69) is 22.1 Å². The lowest BCUT2D eigenvalue weighted by molar-refractivity contribution is -0.107. The first-order valence-corrected chi connectivity index (χ1v) is 14.6. The van der Waals surface area contributed by atoms with E-state index in [0.29, 0.717) is 25.2 Å². The Hall–Kier alpha value is -2.00. The van der Waals surface area contributed by atoms with Crippen molar-refractivity contribution in [3.05, 3.63) is 46.5 Å². The Labute approximate surface area is 220 Å². The molecule has 36 heavy (non-hydrogen) atoms. The molecule has 200 valence electrons. The van der Waals surface area contributed by atoms with E-state index in [0.717, 1.165) is 48.3 Å². The third-order valence-electron chi connectivity index (χ3n) is 6.53. The fourth-order valence-corrected chi connectivity index (χ4v) is 5.42. The first-order chi connectivity index (χ1) is 17.7. The summed E-state index contributed by atoms with van der Waals surface area (Å²) in [6.45, 7) is 6.87. The van der Waals surface area contributed by atoms with E-state index >= 15 is 0 Å². The molecule has 3 rings (SSSR count). The van der Waals surface area contributed by atoms with Crippen molar-refractivity contribution < 1.29 is 14.7 Å². The Morgan fingerprint density at radius 3 is 2.47 bits per heavy atom. The third kappa shape index (κ3) is 10.5. The maximum absolute atomic E-state index is 12.6. The summed E-state index contributed by atoms with van der Waals surface area (Å²) in [6, 6.07) is 7.51. The number of amides is 1. The summed E-state index contributed by atoms with van der Waals surface area (Å²) >= 11 is 1.60. The van der Waals surface area contributed by atoms with Crippen LogP contribution in [-0.4, -0.2) is 54.0 Å². The highest BCUT2D eigenvalue weighted by Gasteiger charge is 2.16. The molecule has 1 fully saturated rings. The van der Waals surface area contributed by atoms with Crippen LogP contribution in [0.4, 0.5) is 5.13 Å². The van der Waals surface area contributed by atoms with Gasteiger partial charge in [-0.1, -0.05) is 76.8 Å². The van der Waals surface area contributed by atoms with Gasteiger partial charge in [0.05, 0.1) is 19.8 Å². The Kier molecular flexibility index (Phi) is 13.2. The first kappa shape index (κ1) is 28.6. The van der Waals surface area contributed by atoms with Gasteiger partial charge < -0.3 is 20.2 Å². The summed E-state index contributed by atoms with van der Waals surface area (Å²) in [5.74, 6) is -0.0464. The van der Waals surface area contributed by atoms with E-state index in [9.17, 15) is 10.0 Å². The van der Waals surface area contributed by atoms with Crippen LogP contribution in [0, 0.1) is 0 Å². The molecule has 0 spiro atoms. The predicted molar refractivity (Wildman–Crippen MR) is 147 cm³/mol. The quantitative estimate of drug-likeness (QED) is 0.198. The van der Waals surface area contributed by atoms with Gasteiger partial charge >= 0.3 is 0 Å². The highest BCUT2D eigenvalue weighted by molar-refractivity contribution is 7.15. The number of nitrogens with zero attached hydrogens (tertiary/aromatic N) is 3. The fourth-order valence-electron chi connectivity index (χ4n) is 4.44. The number of aromatic nitrogens is 1. The van der Waals surface area contributed by atoms with Crippen LogP contribution in [0.2, 0.25) is 0 Å². The average Bonchev–Trinajstić information content (AvgIpc) is 3.36. The lowest BCUT2D eigenvalue weighted by atomic mass is 10.1. The molecule has 1 aliphatic heterocycles. The third-order valence-corrected chi connectivity index (χ3v) is 7.57. The standard InChI is InChI=1S/C28H44N4O3S/c1-2-3-4-5-6-7-8-9-10-11-15-29-27(33)25-14-12-13-24(20-25)22-32(34)23-26-21-30-28(36-26)31-16-18-35-19-17-31/h12-14,20-21,34H,2-11,15-19,22-23H2,1H3,(H,29,33). The van der Waals surface area contributed by atoms with Crippen LogP contribution in [0.3, 0.4) is 0 Å². The highest BCUT2D eigenvalue weighted by atomic mass is 32.1. The lowest BCUT2D eigenvalue weighted by Crippen LogP contribution is -2.36. The largest absolute Gasteiger partial charge is 0.378 e. The molecule has 0 radical (unpaired) electrons. The number of nitrogens with one attached hydrogen (secondary N) is 1. The summed E-state index contributed by atoms with van der Waals surface area (Å²) in [5, 5.41) is 15.8. The second-order valence-electron chi connectivity index (χ2n) is 9.67. The van der Waals surface area contributed by atoms with Gasteiger partial charge in [0, 0.05) is 42.8 Å². The van der Waals surface area contributed by atoms with Crippen LogP contribution in [0.15, 0.2) is 30.5 Å². The predicted octanol–water partition coefficient (Wildman–Crippen LogP) is 6.02. The minimum Gasteiger partial charge on any atom is -0.378 e. The lowest BCUT2D eigenvalue weighted by Gasteiger charge is -2.26. The smallest absolute Gasteiger partial charge is 0.251 e. The summed E-state index contributed by atoms with van der Waals surface area (Å²) < 4.78 is 5.40. The van der Waals surface area contributed by atoms with Gasteiger partial charge in [0.25, 0.3) is 5.91 Å². The van der Waals surface area contributed by atoms with Crippen molar-refractivity contribution in [3.63, 3.8) is 0 Å². The van der Waals surface area contributed by atoms with Crippen molar-refractivity contribution in [1.82, 2.24) is 15.4 Å². The number of thiazole rings is 1. The van der Waals surface area contributed by atoms with Crippen LogP contribution in [-0.2, 0) is 17.8 Å². The number of hydrogen-bond donors (Lipinski definition) is 2. The van der Waals surface area contributed by atoms with Crippen molar-refractivity contribution in [2.75, 3.05) is 37.7 Å². The average molecular weight is 517 g/mol. The summed E-state index contributed by atoms with van der Waals surface area (Å²) in [5.41, 5.74) is 1.54. The number of anilines is 1. The van der Waals surface area contributed by atoms with Crippen LogP contribution >= 0.6 is 11.3 Å². The molecule has 1 aromatic heterocycles. The Balaban J connectivity index is 1.32. The number of morpholine rings is 1. The number of rotatable bonds is 17. The molecule has 2 aromatic rings. The van der Waals surface area contributed by atoms with E-state index in [1.54, 1.807) is 11.3 Å². The maximum atomic E-state index is 12.6. The van der Waals surface area contributed by atoms with Crippen molar-refractivity contribution in [2.24, 2.45) is 0 Å². The molecule has 1 amide bonds. The molecule has 0 aliphatic carbocycles. The van der Waals surface area contributed by atoms with Gasteiger partial charge in [-0.2, -0.15) is 5.06 Å². The van der Waals surface area contributed by atoms with Gasteiger partial charge in [0.2, 0.25) is 0 Å². The van der Waals surface area contributed by atoms with Gasteiger partial charge in [-0.15, -0.1) is 11.3 Å². The molecule has 7 nitrogen and oxygen atoms in total. The van der Waals surface area contributed by atoms with Gasteiger partial charge in [0.15, 0.2) is 5.13 Å². The van der Waals surface area contributed by atoms with E-state index in [-0.39, 0.29) is 5.91 Å². The second kappa shape index (κ2) is 16.7. The van der Waals surface area contributed by atoms with Crippen LogP contribution in [0.5, 0.6) is 0 Å². The van der Waals surface area contributed by atoms with E-state index in [1.807, 2.05) is 30.5 Å². The van der Waals surface area contributed by atoms with E-state index < -0.39 is 0 Å². The molecule has 8 heteroatoms. The highest BCUT2D eigenvalue weighted by Crippen LogP contribution is 2.24. The van der Waals surface area contributed by atoms with Crippen LogP contribution < -0.4 is 10.2 Å². The van der Waals surface area contributed by atoms with Gasteiger partial charge in [-0.3, -0.25) is 4.79 Å². The first-order valence-electron chi connectivity index (χ1n) is 13.7. The molecular weight excluding hydrogens is 472 g/mol. The normalized spacial score (nSPS) is 13.9. The molecule has 0 bridgehead atoms. The maximum Gasteiger partial charge on any atom is 0.251 e. The van der Waals surface area contributed by atoms with Crippen molar-refractivity contribution >= 4 is 22.4 Å². The zero-order valence-corrected chi connectivity index (χ0v) is 22.7. The summed E-state index contributed by atoms with van der Waals surface area (Å²) in [4.78, 5) is 20.3. The van der Waals surface area contributed by atoms with Crippen LogP contribution in [0.25, 0.3) is 0 Å². The molecular formula is C28H44N4O3S. The molecule has 1 aliphatic rings. The van der Waals surface area contributed by atoms with E-state index in [1.165, 1.54) is 62.9 Å². The molecule has 1 saturated heterocycles. The minimum atomic E-state index is -0.0464. The minimum absolute atomic E-state index is 0.0464. The molecule has 2 heterocycles. The number of unbranched alkanes of at least 4 members (excludes halogenated alkanes) is 9. The second-order valence-corrected chi connectivity index (χ2v) is 10.8. The van der Waals surface area contributed by atoms with Crippen LogP contribution in [0.1, 0.15) is 91.9 Å². The molecule has 1 aromatic carbocycles. The Morgan fingerprint density at radius 2 is 1.75 bits per heavy atom.